The number of carbonyl (C=O) groups is 1. The molecule has 4 N–H and O–H groups in total. The Kier molecular flexibility index (Phi) is 5.18. The van der Waals surface area contributed by atoms with Gasteiger partial charge in [-0.1, -0.05) is 0 Å². The molecule has 1 unspecified atom stereocenters. The number of morpholine rings is 1. The quantitative estimate of drug-likeness (QED) is 0.604. The van der Waals surface area contributed by atoms with Crippen LogP contribution in [0.15, 0.2) is 42.9 Å². The van der Waals surface area contributed by atoms with Crippen LogP contribution in [0.1, 0.15) is 12.0 Å². The van der Waals surface area contributed by atoms with E-state index in [0.29, 0.717) is 31.1 Å². The molecule has 1 amide bonds. The molecule has 3 heterocycles. The first-order valence-electron chi connectivity index (χ1n) is 9.31. The second-order valence-electron chi connectivity index (χ2n) is 7.03. The first-order valence-corrected chi connectivity index (χ1v) is 9.31. The first-order chi connectivity index (χ1) is 13.6. The highest BCUT2D eigenvalue weighted by atomic mass is 16.5. The lowest BCUT2D eigenvalue weighted by Crippen LogP contribution is -2.43. The minimum absolute atomic E-state index is 0.0324. The number of rotatable bonds is 4. The van der Waals surface area contributed by atoms with Crippen LogP contribution in [-0.2, 0) is 9.53 Å². The van der Waals surface area contributed by atoms with Gasteiger partial charge in [0.2, 0.25) is 5.91 Å². The Bertz CT molecular complexity index is 1010. The monoisotopic (exact) mass is 377 g/mol. The molecular formula is C21H23N5O2. The van der Waals surface area contributed by atoms with Crippen molar-refractivity contribution in [3.8, 4) is 11.1 Å². The fourth-order valence-corrected chi connectivity index (χ4v) is 3.44. The van der Waals surface area contributed by atoms with Gasteiger partial charge in [-0.3, -0.25) is 9.78 Å². The van der Waals surface area contributed by atoms with Gasteiger partial charge in [-0.05, 0) is 47.7 Å². The summed E-state index contributed by atoms with van der Waals surface area (Å²) in [4.78, 5) is 20.9. The van der Waals surface area contributed by atoms with Crippen molar-refractivity contribution in [2.24, 2.45) is 0 Å². The Labute approximate surface area is 163 Å². The van der Waals surface area contributed by atoms with E-state index >= 15 is 0 Å². The number of nitrogen functional groups attached to an aromatic ring is 1. The summed E-state index contributed by atoms with van der Waals surface area (Å²) in [5.41, 5.74) is 10.0. The summed E-state index contributed by atoms with van der Waals surface area (Å²) in [6.45, 7) is 4.04. The van der Waals surface area contributed by atoms with E-state index in [1.165, 1.54) is 0 Å². The Morgan fingerprint density at radius 2 is 2.25 bits per heavy atom. The third-order valence-electron chi connectivity index (χ3n) is 4.92. The Morgan fingerprint density at radius 1 is 1.36 bits per heavy atom. The van der Waals surface area contributed by atoms with Gasteiger partial charge in [-0.15, -0.1) is 0 Å². The van der Waals surface area contributed by atoms with E-state index in [0.717, 1.165) is 34.0 Å². The number of amides is 1. The number of nitrogens with one attached hydrogen (secondary N) is 2. The molecule has 0 spiro atoms. The summed E-state index contributed by atoms with van der Waals surface area (Å²) in [6.07, 6.45) is 5.64. The standard InChI is InChI=1S/C21H23N5O2/c1-13-2-3-23-10-17(13)14-6-15-8-20(25-11-18(15)19(22)7-14)26-21(27)9-16-12-28-5-4-24-16/h2-3,6-8,10-11,16,24H,4-5,9,12,22H2,1H3,(H,25,26,27). The summed E-state index contributed by atoms with van der Waals surface area (Å²) in [6, 6.07) is 7.83. The van der Waals surface area contributed by atoms with Gasteiger partial charge in [0.05, 0.1) is 13.2 Å². The van der Waals surface area contributed by atoms with Gasteiger partial charge in [0.25, 0.3) is 0 Å². The molecule has 7 heteroatoms. The van der Waals surface area contributed by atoms with Crippen LogP contribution in [0.25, 0.3) is 21.9 Å². The van der Waals surface area contributed by atoms with E-state index < -0.39 is 0 Å². The summed E-state index contributed by atoms with van der Waals surface area (Å²) in [5.74, 6) is 0.413. The molecule has 4 rings (SSSR count). The van der Waals surface area contributed by atoms with Crippen LogP contribution in [0.4, 0.5) is 11.5 Å². The molecule has 1 saturated heterocycles. The second kappa shape index (κ2) is 7.92. The number of pyridine rings is 2. The number of fused-ring (bicyclic) bond motifs is 1. The summed E-state index contributed by atoms with van der Waals surface area (Å²) < 4.78 is 5.39. The molecule has 0 aliphatic carbocycles. The number of ether oxygens (including phenoxy) is 1. The predicted molar refractivity (Wildman–Crippen MR) is 110 cm³/mol. The zero-order chi connectivity index (χ0) is 19.5. The molecule has 7 nitrogen and oxygen atoms in total. The van der Waals surface area contributed by atoms with Crippen molar-refractivity contribution in [1.29, 1.82) is 0 Å². The van der Waals surface area contributed by atoms with E-state index in [2.05, 4.69) is 20.6 Å². The minimum atomic E-state index is -0.0953. The number of nitrogens with two attached hydrogens (primary N) is 1. The minimum Gasteiger partial charge on any atom is -0.398 e. The number of aromatic nitrogens is 2. The largest absolute Gasteiger partial charge is 0.398 e. The molecular weight excluding hydrogens is 354 g/mol. The average molecular weight is 377 g/mol. The van der Waals surface area contributed by atoms with Gasteiger partial charge < -0.3 is 21.1 Å². The molecule has 1 atom stereocenters. The number of nitrogens with zero attached hydrogens (tertiary/aromatic N) is 2. The van der Waals surface area contributed by atoms with Gasteiger partial charge in [0.15, 0.2) is 0 Å². The highest BCUT2D eigenvalue weighted by Gasteiger charge is 2.17. The van der Waals surface area contributed by atoms with Crippen LogP contribution in [0.2, 0.25) is 0 Å². The SMILES string of the molecule is Cc1ccncc1-c1cc(N)c2cnc(NC(=O)CC3COCCN3)cc2c1. The average Bonchev–Trinajstić information content (AvgIpc) is 2.68. The zero-order valence-corrected chi connectivity index (χ0v) is 15.7. The molecule has 3 aromatic rings. The van der Waals surface area contributed by atoms with Crippen molar-refractivity contribution in [1.82, 2.24) is 15.3 Å². The fraction of sp³-hybridized carbons (Fsp3) is 0.286. The Balaban J connectivity index is 1.59. The van der Waals surface area contributed by atoms with E-state index in [4.69, 9.17) is 10.5 Å². The van der Waals surface area contributed by atoms with Gasteiger partial charge in [0, 0.05) is 54.2 Å². The van der Waals surface area contributed by atoms with Crippen LogP contribution >= 0.6 is 0 Å². The fourth-order valence-electron chi connectivity index (χ4n) is 3.44. The number of benzene rings is 1. The van der Waals surface area contributed by atoms with Crippen LogP contribution in [0, 0.1) is 6.92 Å². The number of hydrogen-bond donors (Lipinski definition) is 3. The lowest BCUT2D eigenvalue weighted by atomic mass is 9.99. The highest BCUT2D eigenvalue weighted by molar-refractivity contribution is 5.99. The van der Waals surface area contributed by atoms with E-state index in [1.54, 1.807) is 12.4 Å². The lowest BCUT2D eigenvalue weighted by Gasteiger charge is -2.23. The Morgan fingerprint density at radius 3 is 3.04 bits per heavy atom. The molecule has 1 aliphatic heterocycles. The van der Waals surface area contributed by atoms with Crippen molar-refractivity contribution in [3.05, 3.63) is 48.4 Å². The lowest BCUT2D eigenvalue weighted by molar-refractivity contribution is -0.117. The maximum Gasteiger partial charge on any atom is 0.227 e. The maximum atomic E-state index is 12.3. The van der Waals surface area contributed by atoms with E-state index in [9.17, 15) is 4.79 Å². The summed E-state index contributed by atoms with van der Waals surface area (Å²) in [5, 5.41) is 7.92. The topological polar surface area (TPSA) is 102 Å². The molecule has 0 radical (unpaired) electrons. The predicted octanol–water partition coefficient (Wildman–Crippen LogP) is 2.50. The molecule has 28 heavy (non-hydrogen) atoms. The number of anilines is 2. The molecule has 1 aromatic carbocycles. The zero-order valence-electron chi connectivity index (χ0n) is 15.7. The number of aryl methyl sites for hydroxylation is 1. The normalized spacial score (nSPS) is 16.8. The van der Waals surface area contributed by atoms with Gasteiger partial charge in [-0.25, -0.2) is 4.98 Å². The molecule has 1 fully saturated rings. The van der Waals surface area contributed by atoms with Gasteiger partial charge in [-0.2, -0.15) is 0 Å². The van der Waals surface area contributed by atoms with Crippen LogP contribution in [0.5, 0.6) is 0 Å². The van der Waals surface area contributed by atoms with Gasteiger partial charge >= 0.3 is 0 Å². The molecule has 144 valence electrons. The first kappa shape index (κ1) is 18.3. The van der Waals surface area contributed by atoms with Crippen molar-refractivity contribution < 1.29 is 9.53 Å². The molecule has 0 bridgehead atoms. The van der Waals surface area contributed by atoms with Crippen molar-refractivity contribution in [2.45, 2.75) is 19.4 Å². The van der Waals surface area contributed by atoms with Crippen molar-refractivity contribution >= 4 is 28.2 Å². The highest BCUT2D eigenvalue weighted by Crippen LogP contribution is 2.31. The van der Waals surface area contributed by atoms with Crippen molar-refractivity contribution in [3.63, 3.8) is 0 Å². The second-order valence-corrected chi connectivity index (χ2v) is 7.03. The number of hydrogen-bond acceptors (Lipinski definition) is 6. The van der Waals surface area contributed by atoms with Crippen molar-refractivity contribution in [2.75, 3.05) is 30.8 Å². The van der Waals surface area contributed by atoms with Crippen LogP contribution in [-0.4, -0.2) is 41.7 Å². The van der Waals surface area contributed by atoms with Crippen LogP contribution < -0.4 is 16.4 Å². The van der Waals surface area contributed by atoms with Crippen LogP contribution in [0.3, 0.4) is 0 Å². The molecule has 0 saturated carbocycles. The Hall–Kier alpha value is -3.03. The third kappa shape index (κ3) is 3.95. The van der Waals surface area contributed by atoms with Gasteiger partial charge in [0.1, 0.15) is 5.82 Å². The molecule has 1 aliphatic rings. The number of carbonyl (C=O) groups excluding carboxylic acids is 1. The van der Waals surface area contributed by atoms with E-state index in [1.807, 2.05) is 37.4 Å². The smallest absolute Gasteiger partial charge is 0.227 e. The third-order valence-corrected chi connectivity index (χ3v) is 4.92. The maximum absolute atomic E-state index is 12.3. The summed E-state index contributed by atoms with van der Waals surface area (Å²) >= 11 is 0. The molecule has 2 aromatic heterocycles. The summed E-state index contributed by atoms with van der Waals surface area (Å²) in [7, 11) is 0. The van der Waals surface area contributed by atoms with E-state index in [-0.39, 0.29) is 11.9 Å².